The second-order valence-electron chi connectivity index (χ2n) is 4.67. The van der Waals surface area contributed by atoms with Crippen molar-refractivity contribution in [2.24, 2.45) is 11.8 Å². The zero-order valence-electron chi connectivity index (χ0n) is 11.6. The summed E-state index contributed by atoms with van der Waals surface area (Å²) in [6.45, 7) is 8.18. The Morgan fingerprint density at radius 2 is 1.59 bits per heavy atom. The normalized spacial score (nSPS) is 14.1. The van der Waals surface area contributed by atoms with Crippen LogP contribution in [0.1, 0.15) is 59.8 Å². The molecule has 0 aromatic heterocycles. The molecule has 0 aliphatic rings. The van der Waals surface area contributed by atoms with E-state index < -0.39 is 0 Å². The fourth-order valence-corrected chi connectivity index (χ4v) is 1.51. The maximum Gasteiger partial charge on any atom is 0.309 e. The van der Waals surface area contributed by atoms with Crippen LogP contribution in [0.2, 0.25) is 0 Å². The van der Waals surface area contributed by atoms with E-state index in [9.17, 15) is 9.59 Å². The number of Topliss-reactive ketones (excluding diaryl/α,β-unsaturated/α-hetero) is 1. The average Bonchev–Trinajstić information content (AvgIpc) is 2.34. The second-order valence-corrected chi connectivity index (χ2v) is 4.67. The third-order valence-electron chi connectivity index (χ3n) is 3.15. The maximum absolute atomic E-state index is 11.8. The Hall–Kier alpha value is -0.860. The zero-order chi connectivity index (χ0) is 13.3. The quantitative estimate of drug-likeness (QED) is 0.460. The molecule has 3 heteroatoms. The molecule has 100 valence electrons. The lowest BCUT2D eigenvalue weighted by Gasteiger charge is -2.17. The summed E-state index contributed by atoms with van der Waals surface area (Å²) in [7, 11) is 0. The molecule has 0 N–H and O–H groups in total. The molecule has 0 aromatic carbocycles. The fourth-order valence-electron chi connectivity index (χ4n) is 1.51. The van der Waals surface area contributed by atoms with Crippen LogP contribution < -0.4 is 0 Å². The van der Waals surface area contributed by atoms with E-state index in [0.29, 0.717) is 13.0 Å². The Labute approximate surface area is 105 Å². The predicted molar refractivity (Wildman–Crippen MR) is 68.7 cm³/mol. The van der Waals surface area contributed by atoms with Crippen LogP contribution in [0.25, 0.3) is 0 Å². The topological polar surface area (TPSA) is 43.4 Å². The van der Waals surface area contributed by atoms with Gasteiger partial charge >= 0.3 is 5.97 Å². The number of ether oxygens (including phenoxy) is 1. The lowest BCUT2D eigenvalue weighted by Crippen LogP contribution is -2.27. The number of hydrogen-bond acceptors (Lipinski definition) is 3. The summed E-state index contributed by atoms with van der Waals surface area (Å²) in [5, 5.41) is 0. The van der Waals surface area contributed by atoms with E-state index in [2.05, 4.69) is 6.92 Å². The van der Waals surface area contributed by atoms with Crippen molar-refractivity contribution in [2.45, 2.75) is 59.8 Å². The van der Waals surface area contributed by atoms with Gasteiger partial charge in [0.25, 0.3) is 0 Å². The van der Waals surface area contributed by atoms with Gasteiger partial charge in [0.15, 0.2) is 0 Å². The van der Waals surface area contributed by atoms with Gasteiger partial charge in [-0.1, -0.05) is 40.5 Å². The van der Waals surface area contributed by atoms with Gasteiger partial charge in [-0.2, -0.15) is 0 Å². The highest BCUT2D eigenvalue weighted by Gasteiger charge is 2.26. The summed E-state index contributed by atoms with van der Waals surface area (Å²) in [4.78, 5) is 23.4. The Kier molecular flexibility index (Phi) is 8.73. The smallest absolute Gasteiger partial charge is 0.309 e. The Morgan fingerprint density at radius 1 is 1.00 bits per heavy atom. The molecule has 2 atom stereocenters. The minimum Gasteiger partial charge on any atom is -0.465 e. The van der Waals surface area contributed by atoms with Crippen LogP contribution in [0.15, 0.2) is 0 Å². The third kappa shape index (κ3) is 6.44. The molecule has 3 nitrogen and oxygen atoms in total. The van der Waals surface area contributed by atoms with Crippen molar-refractivity contribution in [2.75, 3.05) is 6.61 Å². The monoisotopic (exact) mass is 242 g/mol. The summed E-state index contributed by atoms with van der Waals surface area (Å²) in [5.41, 5.74) is 0. The number of unbranched alkanes of at least 4 members (excludes halogenated alkanes) is 2. The molecule has 0 bridgehead atoms. The van der Waals surface area contributed by atoms with Gasteiger partial charge in [0.2, 0.25) is 0 Å². The molecule has 0 heterocycles. The first-order valence-electron chi connectivity index (χ1n) is 6.73. The first-order valence-corrected chi connectivity index (χ1v) is 6.73. The summed E-state index contributed by atoms with van der Waals surface area (Å²) in [5.74, 6) is -0.616. The molecular weight excluding hydrogens is 216 g/mol. The Balaban J connectivity index is 4.05. The van der Waals surface area contributed by atoms with E-state index in [1.807, 2.05) is 13.8 Å². The Morgan fingerprint density at radius 3 is 2.12 bits per heavy atom. The van der Waals surface area contributed by atoms with Crippen LogP contribution >= 0.6 is 0 Å². The van der Waals surface area contributed by atoms with Crippen LogP contribution in [0, 0.1) is 11.8 Å². The van der Waals surface area contributed by atoms with Crippen LogP contribution in [-0.4, -0.2) is 18.4 Å². The molecule has 0 rings (SSSR count). The van der Waals surface area contributed by atoms with Crippen molar-refractivity contribution >= 4 is 11.8 Å². The van der Waals surface area contributed by atoms with Crippen molar-refractivity contribution in [3.8, 4) is 0 Å². The van der Waals surface area contributed by atoms with Crippen LogP contribution in [0.4, 0.5) is 0 Å². The number of carbonyl (C=O) groups excluding carboxylic acids is 2. The van der Waals surface area contributed by atoms with Crippen molar-refractivity contribution in [3.05, 3.63) is 0 Å². The largest absolute Gasteiger partial charge is 0.465 e. The number of carbonyl (C=O) groups is 2. The van der Waals surface area contributed by atoms with Gasteiger partial charge in [-0.25, -0.2) is 0 Å². The standard InChI is InChI=1S/C14H26O3/c1-5-7-9-13(15)11(3)12(4)14(16)17-10-8-6-2/h11-12H,5-10H2,1-4H3. The third-order valence-corrected chi connectivity index (χ3v) is 3.15. The average molecular weight is 242 g/mol. The maximum atomic E-state index is 11.8. The lowest BCUT2D eigenvalue weighted by molar-refractivity contribution is -0.151. The number of ketones is 1. The first-order chi connectivity index (χ1) is 8.04. The molecule has 0 amide bonds. The number of esters is 1. The molecule has 0 saturated heterocycles. The van der Waals surface area contributed by atoms with Gasteiger partial charge in [-0.3, -0.25) is 9.59 Å². The van der Waals surface area contributed by atoms with E-state index in [1.54, 1.807) is 6.92 Å². The van der Waals surface area contributed by atoms with Gasteiger partial charge in [0.1, 0.15) is 5.78 Å². The minimum absolute atomic E-state index is 0.173. The molecule has 0 aromatic rings. The highest BCUT2D eigenvalue weighted by atomic mass is 16.5. The van der Waals surface area contributed by atoms with E-state index >= 15 is 0 Å². The molecule has 2 unspecified atom stereocenters. The van der Waals surface area contributed by atoms with Crippen molar-refractivity contribution in [1.29, 1.82) is 0 Å². The summed E-state index contributed by atoms with van der Waals surface area (Å²) in [6.07, 6.45) is 4.38. The lowest BCUT2D eigenvalue weighted by atomic mass is 9.89. The highest BCUT2D eigenvalue weighted by molar-refractivity contribution is 5.86. The summed E-state index contributed by atoms with van der Waals surface area (Å²) in [6, 6.07) is 0. The first kappa shape index (κ1) is 16.1. The highest BCUT2D eigenvalue weighted by Crippen LogP contribution is 2.17. The molecular formula is C14H26O3. The summed E-state index contributed by atoms with van der Waals surface area (Å²) < 4.78 is 5.13. The number of hydrogen-bond donors (Lipinski definition) is 0. The van der Waals surface area contributed by atoms with Gasteiger partial charge in [-0.05, 0) is 12.8 Å². The Bertz CT molecular complexity index is 236. The fraction of sp³-hybridized carbons (Fsp3) is 0.857. The van der Waals surface area contributed by atoms with E-state index in [4.69, 9.17) is 4.74 Å². The molecule has 0 saturated carbocycles. The van der Waals surface area contributed by atoms with Crippen molar-refractivity contribution in [1.82, 2.24) is 0 Å². The van der Waals surface area contributed by atoms with E-state index in [0.717, 1.165) is 25.7 Å². The second kappa shape index (κ2) is 9.20. The molecule has 0 spiro atoms. The molecule has 0 fully saturated rings. The molecule has 0 aliphatic heterocycles. The van der Waals surface area contributed by atoms with E-state index in [-0.39, 0.29) is 23.6 Å². The molecule has 0 aliphatic carbocycles. The van der Waals surface area contributed by atoms with Gasteiger partial charge in [-0.15, -0.1) is 0 Å². The van der Waals surface area contributed by atoms with Gasteiger partial charge in [0.05, 0.1) is 12.5 Å². The predicted octanol–water partition coefficient (Wildman–Crippen LogP) is 3.36. The minimum atomic E-state index is -0.323. The molecule has 17 heavy (non-hydrogen) atoms. The van der Waals surface area contributed by atoms with Crippen LogP contribution in [-0.2, 0) is 14.3 Å². The van der Waals surface area contributed by atoms with E-state index in [1.165, 1.54) is 0 Å². The van der Waals surface area contributed by atoms with Gasteiger partial charge in [0, 0.05) is 12.3 Å². The zero-order valence-corrected chi connectivity index (χ0v) is 11.6. The SMILES string of the molecule is CCCCOC(=O)C(C)C(C)C(=O)CCCC. The van der Waals surface area contributed by atoms with Crippen molar-refractivity contribution in [3.63, 3.8) is 0 Å². The van der Waals surface area contributed by atoms with Gasteiger partial charge < -0.3 is 4.74 Å². The number of rotatable bonds is 9. The van der Waals surface area contributed by atoms with Crippen LogP contribution in [0.3, 0.4) is 0 Å². The van der Waals surface area contributed by atoms with Crippen molar-refractivity contribution < 1.29 is 14.3 Å². The summed E-state index contributed by atoms with van der Waals surface area (Å²) >= 11 is 0. The van der Waals surface area contributed by atoms with Crippen LogP contribution in [0.5, 0.6) is 0 Å². The molecule has 0 radical (unpaired) electrons.